The highest BCUT2D eigenvalue weighted by atomic mass is 35.5. The van der Waals surface area contributed by atoms with Crippen molar-refractivity contribution >= 4 is 28.8 Å². The van der Waals surface area contributed by atoms with E-state index in [0.29, 0.717) is 11.6 Å². The van der Waals surface area contributed by atoms with Gasteiger partial charge in [0.25, 0.3) is 0 Å². The number of rotatable bonds is 5. The molecule has 3 heterocycles. The van der Waals surface area contributed by atoms with Gasteiger partial charge in [0, 0.05) is 55.8 Å². The third-order valence-corrected chi connectivity index (χ3v) is 7.36. The molecule has 31 heavy (non-hydrogen) atoms. The van der Waals surface area contributed by atoms with E-state index in [-0.39, 0.29) is 5.91 Å². The number of hydrogen-bond donors (Lipinski definition) is 0. The van der Waals surface area contributed by atoms with Crippen LogP contribution in [0, 0.1) is 13.8 Å². The van der Waals surface area contributed by atoms with E-state index in [2.05, 4.69) is 29.1 Å². The van der Waals surface area contributed by atoms with Crippen LogP contribution in [0.25, 0.3) is 10.6 Å². The standard InChI is InChI=1S/C23H28ClN5OS/c1-16-19(22(24)27(3)26-16)15-28-10-7-11-29(13-12-28)21(30)14-20-17(2)31-23(25-20)18-8-5-4-6-9-18/h4-6,8-9H,7,10-15H2,1-3H3. The molecule has 0 spiro atoms. The highest BCUT2D eigenvalue weighted by Gasteiger charge is 2.23. The van der Waals surface area contributed by atoms with Crippen LogP contribution < -0.4 is 0 Å². The molecule has 2 aromatic heterocycles. The van der Waals surface area contributed by atoms with E-state index >= 15 is 0 Å². The summed E-state index contributed by atoms with van der Waals surface area (Å²) in [6.45, 7) is 8.11. The molecule has 1 aromatic carbocycles. The topological polar surface area (TPSA) is 54.3 Å². The molecule has 8 heteroatoms. The maximum atomic E-state index is 13.0. The summed E-state index contributed by atoms with van der Waals surface area (Å²) in [5.41, 5.74) is 4.05. The van der Waals surface area contributed by atoms with E-state index in [9.17, 15) is 4.79 Å². The highest BCUT2D eigenvalue weighted by molar-refractivity contribution is 7.15. The van der Waals surface area contributed by atoms with E-state index in [0.717, 1.165) is 71.5 Å². The Labute approximate surface area is 192 Å². The predicted octanol–water partition coefficient (Wildman–Crippen LogP) is 4.09. The molecule has 0 atom stereocenters. The van der Waals surface area contributed by atoms with Crippen LogP contribution in [0.15, 0.2) is 30.3 Å². The van der Waals surface area contributed by atoms with Crippen LogP contribution in [0.4, 0.5) is 0 Å². The number of aryl methyl sites for hydroxylation is 3. The monoisotopic (exact) mass is 457 g/mol. The Morgan fingerprint density at radius 2 is 1.90 bits per heavy atom. The fourth-order valence-electron chi connectivity index (χ4n) is 4.01. The second-order valence-corrected chi connectivity index (χ2v) is 9.61. The summed E-state index contributed by atoms with van der Waals surface area (Å²) in [5, 5.41) is 6.08. The van der Waals surface area contributed by atoms with Gasteiger partial charge < -0.3 is 4.90 Å². The van der Waals surface area contributed by atoms with Crippen LogP contribution in [0.5, 0.6) is 0 Å². The minimum absolute atomic E-state index is 0.158. The Kier molecular flexibility index (Phi) is 6.74. The quantitative estimate of drug-likeness (QED) is 0.579. The Morgan fingerprint density at radius 1 is 1.13 bits per heavy atom. The van der Waals surface area contributed by atoms with Crippen LogP contribution in [-0.2, 0) is 24.8 Å². The van der Waals surface area contributed by atoms with E-state index in [1.54, 1.807) is 16.0 Å². The molecule has 3 aromatic rings. The summed E-state index contributed by atoms with van der Waals surface area (Å²) < 4.78 is 1.72. The van der Waals surface area contributed by atoms with Crippen molar-refractivity contribution in [2.24, 2.45) is 7.05 Å². The minimum atomic E-state index is 0.158. The van der Waals surface area contributed by atoms with Gasteiger partial charge in [0.15, 0.2) is 0 Å². The van der Waals surface area contributed by atoms with Crippen molar-refractivity contribution in [2.45, 2.75) is 33.2 Å². The maximum Gasteiger partial charge on any atom is 0.228 e. The number of nitrogens with zero attached hydrogens (tertiary/aromatic N) is 5. The molecule has 1 saturated heterocycles. The fraction of sp³-hybridized carbons (Fsp3) is 0.435. The number of carbonyl (C=O) groups is 1. The minimum Gasteiger partial charge on any atom is -0.341 e. The summed E-state index contributed by atoms with van der Waals surface area (Å²) in [6.07, 6.45) is 1.32. The van der Waals surface area contributed by atoms with Crippen LogP contribution in [0.3, 0.4) is 0 Å². The van der Waals surface area contributed by atoms with Crippen LogP contribution in [0.2, 0.25) is 5.15 Å². The van der Waals surface area contributed by atoms with Crippen LogP contribution in [-0.4, -0.2) is 56.7 Å². The molecule has 0 bridgehead atoms. The molecule has 164 valence electrons. The highest BCUT2D eigenvalue weighted by Crippen LogP contribution is 2.28. The lowest BCUT2D eigenvalue weighted by molar-refractivity contribution is -0.130. The second-order valence-electron chi connectivity index (χ2n) is 8.05. The van der Waals surface area contributed by atoms with Gasteiger partial charge in [-0.1, -0.05) is 41.9 Å². The van der Waals surface area contributed by atoms with Gasteiger partial charge in [-0.25, -0.2) is 4.98 Å². The molecule has 1 fully saturated rings. The molecular weight excluding hydrogens is 430 g/mol. The van der Waals surface area contributed by atoms with Crippen molar-refractivity contribution in [3.05, 3.63) is 57.3 Å². The molecule has 0 aliphatic carbocycles. The van der Waals surface area contributed by atoms with Crippen molar-refractivity contribution in [3.8, 4) is 10.6 Å². The third kappa shape index (κ3) is 5.00. The molecule has 1 aliphatic rings. The number of aromatic nitrogens is 3. The zero-order chi connectivity index (χ0) is 22.0. The van der Waals surface area contributed by atoms with Crippen LogP contribution in [0.1, 0.15) is 28.2 Å². The van der Waals surface area contributed by atoms with E-state index < -0.39 is 0 Å². The summed E-state index contributed by atoms with van der Waals surface area (Å²) in [7, 11) is 1.87. The Bertz CT molecular complexity index is 1060. The molecule has 1 aliphatic heterocycles. The molecule has 6 nitrogen and oxygen atoms in total. The molecule has 4 rings (SSSR count). The fourth-order valence-corrected chi connectivity index (χ4v) is 5.18. The van der Waals surface area contributed by atoms with Gasteiger partial charge in [-0.05, 0) is 20.3 Å². The van der Waals surface area contributed by atoms with Gasteiger partial charge in [0.2, 0.25) is 5.91 Å². The maximum absolute atomic E-state index is 13.0. The number of thiazole rings is 1. The summed E-state index contributed by atoms with van der Waals surface area (Å²) >= 11 is 8.06. The average Bonchev–Trinajstić information content (AvgIpc) is 3.11. The lowest BCUT2D eigenvalue weighted by Crippen LogP contribution is -2.36. The van der Waals surface area contributed by atoms with Gasteiger partial charge >= 0.3 is 0 Å². The first-order valence-electron chi connectivity index (χ1n) is 10.6. The van der Waals surface area contributed by atoms with E-state index in [1.165, 1.54) is 0 Å². The molecule has 0 radical (unpaired) electrons. The van der Waals surface area contributed by atoms with Crippen molar-refractivity contribution in [2.75, 3.05) is 26.2 Å². The number of amides is 1. The normalized spacial score (nSPS) is 15.3. The first kappa shape index (κ1) is 22.0. The lowest BCUT2D eigenvalue weighted by Gasteiger charge is -2.22. The van der Waals surface area contributed by atoms with Gasteiger partial charge in [-0.2, -0.15) is 5.10 Å². The van der Waals surface area contributed by atoms with E-state index in [1.807, 2.05) is 37.1 Å². The molecule has 1 amide bonds. The summed E-state index contributed by atoms with van der Waals surface area (Å²) in [4.78, 5) is 23.3. The molecular formula is C23H28ClN5OS. The van der Waals surface area contributed by atoms with Crippen molar-refractivity contribution < 1.29 is 4.79 Å². The van der Waals surface area contributed by atoms with Crippen molar-refractivity contribution in [1.82, 2.24) is 24.6 Å². The molecule has 0 N–H and O–H groups in total. The Hall–Kier alpha value is -2.22. The lowest BCUT2D eigenvalue weighted by atomic mass is 10.2. The van der Waals surface area contributed by atoms with Crippen molar-refractivity contribution in [1.29, 1.82) is 0 Å². The largest absolute Gasteiger partial charge is 0.341 e. The average molecular weight is 458 g/mol. The number of hydrogen-bond acceptors (Lipinski definition) is 5. The second kappa shape index (κ2) is 9.51. The third-order valence-electron chi connectivity index (χ3n) is 5.82. The van der Waals surface area contributed by atoms with Gasteiger partial charge in [-0.3, -0.25) is 14.4 Å². The van der Waals surface area contributed by atoms with E-state index in [4.69, 9.17) is 16.6 Å². The number of benzene rings is 1. The van der Waals surface area contributed by atoms with Crippen LogP contribution >= 0.6 is 22.9 Å². The van der Waals surface area contributed by atoms with Crippen molar-refractivity contribution in [3.63, 3.8) is 0 Å². The summed E-state index contributed by atoms with van der Waals surface area (Å²) in [5.74, 6) is 0.158. The number of carbonyl (C=O) groups excluding carboxylic acids is 1. The summed E-state index contributed by atoms with van der Waals surface area (Å²) in [6, 6.07) is 10.1. The zero-order valence-electron chi connectivity index (χ0n) is 18.3. The predicted molar refractivity (Wildman–Crippen MR) is 125 cm³/mol. The first-order valence-corrected chi connectivity index (χ1v) is 11.8. The Balaban J connectivity index is 1.37. The van der Waals surface area contributed by atoms with Gasteiger partial charge in [-0.15, -0.1) is 11.3 Å². The zero-order valence-corrected chi connectivity index (χ0v) is 19.8. The van der Waals surface area contributed by atoms with Gasteiger partial charge in [0.1, 0.15) is 10.2 Å². The molecule has 0 saturated carbocycles. The number of halogens is 1. The van der Waals surface area contributed by atoms with Gasteiger partial charge in [0.05, 0.1) is 17.8 Å². The molecule has 0 unspecified atom stereocenters. The SMILES string of the molecule is Cc1nn(C)c(Cl)c1CN1CCCN(C(=O)Cc2nc(-c3ccccc3)sc2C)CC1. The smallest absolute Gasteiger partial charge is 0.228 e. The Morgan fingerprint density at radius 3 is 2.61 bits per heavy atom. The first-order chi connectivity index (χ1) is 14.9.